The summed E-state index contributed by atoms with van der Waals surface area (Å²) in [5.74, 6) is 1.49. The smallest absolute Gasteiger partial charge is 0.231 e. The van der Waals surface area contributed by atoms with Gasteiger partial charge >= 0.3 is 0 Å². The highest BCUT2D eigenvalue weighted by Gasteiger charge is 2.32. The van der Waals surface area contributed by atoms with Crippen molar-refractivity contribution in [1.82, 2.24) is 15.5 Å². The molecule has 0 saturated heterocycles. The maximum Gasteiger partial charge on any atom is 0.231 e. The highest BCUT2D eigenvalue weighted by Crippen LogP contribution is 2.34. The predicted molar refractivity (Wildman–Crippen MR) is 75.1 cm³/mol. The van der Waals surface area contributed by atoms with Crippen LogP contribution in [0.3, 0.4) is 0 Å². The zero-order valence-corrected chi connectivity index (χ0v) is 13.2. The van der Waals surface area contributed by atoms with E-state index in [0.717, 1.165) is 6.42 Å². The SMILES string of the molecule is CCC(NC)C(C)c1nc(C(OC)C(C)(C)C)no1. The van der Waals surface area contributed by atoms with Crippen LogP contribution in [0.15, 0.2) is 4.52 Å². The van der Waals surface area contributed by atoms with Crippen molar-refractivity contribution in [3.8, 4) is 0 Å². The molecule has 3 atom stereocenters. The molecule has 1 aromatic rings. The normalized spacial score (nSPS) is 17.2. The van der Waals surface area contributed by atoms with E-state index in [4.69, 9.17) is 9.26 Å². The molecule has 0 amide bonds. The van der Waals surface area contributed by atoms with Gasteiger partial charge in [0.25, 0.3) is 0 Å². The molecule has 0 aromatic carbocycles. The van der Waals surface area contributed by atoms with Crippen molar-refractivity contribution < 1.29 is 9.26 Å². The Labute approximate surface area is 116 Å². The Hall–Kier alpha value is -0.940. The topological polar surface area (TPSA) is 60.2 Å². The van der Waals surface area contributed by atoms with Gasteiger partial charge in [-0.1, -0.05) is 39.8 Å². The van der Waals surface area contributed by atoms with Gasteiger partial charge in [-0.3, -0.25) is 0 Å². The van der Waals surface area contributed by atoms with Crippen LogP contribution in [0.4, 0.5) is 0 Å². The number of aromatic nitrogens is 2. The van der Waals surface area contributed by atoms with Crippen LogP contribution in [0.25, 0.3) is 0 Å². The fourth-order valence-corrected chi connectivity index (χ4v) is 2.36. The number of likely N-dealkylation sites (N-methyl/N-ethyl adjacent to an activating group) is 1. The predicted octanol–water partition coefficient (Wildman–Crippen LogP) is 2.90. The lowest BCUT2D eigenvalue weighted by molar-refractivity contribution is 0.00718. The van der Waals surface area contributed by atoms with E-state index in [2.05, 4.69) is 50.1 Å². The van der Waals surface area contributed by atoms with Crippen molar-refractivity contribution in [3.63, 3.8) is 0 Å². The summed E-state index contributed by atoms with van der Waals surface area (Å²) in [7, 11) is 3.63. The van der Waals surface area contributed by atoms with Crippen molar-refractivity contribution in [2.75, 3.05) is 14.2 Å². The average Bonchev–Trinajstić information content (AvgIpc) is 2.78. The minimum absolute atomic E-state index is 0.0632. The molecule has 3 unspecified atom stereocenters. The molecule has 0 radical (unpaired) electrons. The molecule has 0 saturated carbocycles. The van der Waals surface area contributed by atoms with E-state index < -0.39 is 0 Å². The molecular formula is C14H27N3O2. The molecule has 5 heteroatoms. The van der Waals surface area contributed by atoms with Gasteiger partial charge in [0.15, 0.2) is 0 Å². The summed E-state index contributed by atoms with van der Waals surface area (Å²) in [5, 5.41) is 7.36. The number of nitrogens with one attached hydrogen (secondary N) is 1. The van der Waals surface area contributed by atoms with Crippen molar-refractivity contribution in [2.45, 2.75) is 59.1 Å². The zero-order chi connectivity index (χ0) is 14.6. The highest BCUT2D eigenvalue weighted by atomic mass is 16.5. The lowest BCUT2D eigenvalue weighted by atomic mass is 9.88. The van der Waals surface area contributed by atoms with Gasteiger partial charge < -0.3 is 14.6 Å². The number of nitrogens with zero attached hydrogens (tertiary/aromatic N) is 2. The molecule has 110 valence electrons. The summed E-state index contributed by atoms with van der Waals surface area (Å²) in [6.45, 7) is 10.5. The maximum atomic E-state index is 5.51. The molecule has 1 rings (SSSR count). The van der Waals surface area contributed by atoms with Gasteiger partial charge in [-0.25, -0.2) is 0 Å². The van der Waals surface area contributed by atoms with Crippen LogP contribution in [-0.2, 0) is 4.74 Å². The van der Waals surface area contributed by atoms with Crippen LogP contribution in [0.2, 0.25) is 0 Å². The Morgan fingerprint density at radius 3 is 2.42 bits per heavy atom. The van der Waals surface area contributed by atoms with Crippen molar-refractivity contribution in [2.24, 2.45) is 5.41 Å². The van der Waals surface area contributed by atoms with E-state index in [1.54, 1.807) is 7.11 Å². The van der Waals surface area contributed by atoms with Crippen LogP contribution in [0.5, 0.6) is 0 Å². The lowest BCUT2D eigenvalue weighted by Gasteiger charge is -2.26. The Morgan fingerprint density at radius 2 is 2.00 bits per heavy atom. The van der Waals surface area contributed by atoms with Gasteiger partial charge in [0.1, 0.15) is 6.10 Å². The standard InChI is InChI=1S/C14H27N3O2/c1-8-10(15-6)9(2)13-16-12(17-19-13)11(18-7)14(3,4)5/h9-11,15H,8H2,1-7H3. The molecule has 0 fully saturated rings. The second-order valence-corrected chi connectivity index (χ2v) is 6.06. The molecule has 0 bridgehead atoms. The van der Waals surface area contributed by atoms with Crippen LogP contribution < -0.4 is 5.32 Å². The summed E-state index contributed by atoms with van der Waals surface area (Å²) in [6, 6.07) is 0.337. The average molecular weight is 269 g/mol. The number of methoxy groups -OCH3 is 1. The van der Waals surface area contributed by atoms with Gasteiger partial charge in [-0.05, 0) is 18.9 Å². The Balaban J connectivity index is 2.93. The molecule has 5 nitrogen and oxygen atoms in total. The van der Waals surface area contributed by atoms with E-state index in [0.29, 0.717) is 17.8 Å². The fraction of sp³-hybridized carbons (Fsp3) is 0.857. The van der Waals surface area contributed by atoms with Crippen LogP contribution >= 0.6 is 0 Å². The van der Waals surface area contributed by atoms with Crippen LogP contribution in [0, 0.1) is 5.41 Å². The number of rotatable bonds is 6. The molecule has 1 aromatic heterocycles. The van der Waals surface area contributed by atoms with Crippen LogP contribution in [0.1, 0.15) is 64.8 Å². The van der Waals surface area contributed by atoms with E-state index in [9.17, 15) is 0 Å². The third kappa shape index (κ3) is 3.76. The lowest BCUT2D eigenvalue weighted by Crippen LogP contribution is -2.30. The Kier molecular flexibility index (Phi) is 5.50. The number of ether oxygens (including phenoxy) is 1. The Bertz CT molecular complexity index is 380. The molecule has 0 aliphatic rings. The second kappa shape index (κ2) is 6.48. The van der Waals surface area contributed by atoms with Gasteiger partial charge in [0.2, 0.25) is 11.7 Å². The van der Waals surface area contributed by atoms with Gasteiger partial charge in [0, 0.05) is 13.2 Å². The zero-order valence-electron chi connectivity index (χ0n) is 13.2. The molecule has 19 heavy (non-hydrogen) atoms. The fourth-order valence-electron chi connectivity index (χ4n) is 2.36. The molecule has 0 aliphatic heterocycles. The summed E-state index contributed by atoms with van der Waals surface area (Å²) in [4.78, 5) is 4.52. The quantitative estimate of drug-likeness (QED) is 0.860. The first kappa shape index (κ1) is 16.1. The Morgan fingerprint density at radius 1 is 1.37 bits per heavy atom. The summed E-state index contributed by atoms with van der Waals surface area (Å²) >= 11 is 0. The van der Waals surface area contributed by atoms with Crippen LogP contribution in [-0.4, -0.2) is 30.3 Å². The monoisotopic (exact) mass is 269 g/mol. The summed E-state index contributed by atoms with van der Waals surface area (Å²) < 4.78 is 10.9. The number of hydrogen-bond acceptors (Lipinski definition) is 5. The molecule has 0 spiro atoms. The first-order valence-electron chi connectivity index (χ1n) is 6.88. The third-order valence-electron chi connectivity index (χ3n) is 3.52. The van der Waals surface area contributed by atoms with Gasteiger partial charge in [-0.15, -0.1) is 0 Å². The summed E-state index contributed by atoms with van der Waals surface area (Å²) in [6.07, 6.45) is 0.856. The minimum Gasteiger partial charge on any atom is -0.373 e. The first-order valence-corrected chi connectivity index (χ1v) is 6.88. The third-order valence-corrected chi connectivity index (χ3v) is 3.52. The highest BCUT2D eigenvalue weighted by molar-refractivity contribution is 5.01. The van der Waals surface area contributed by atoms with E-state index >= 15 is 0 Å². The van der Waals surface area contributed by atoms with Gasteiger partial charge in [-0.2, -0.15) is 4.98 Å². The first-order chi connectivity index (χ1) is 8.85. The van der Waals surface area contributed by atoms with E-state index in [1.807, 2.05) is 7.05 Å². The number of hydrogen-bond donors (Lipinski definition) is 1. The van der Waals surface area contributed by atoms with Crippen molar-refractivity contribution in [1.29, 1.82) is 0 Å². The minimum atomic E-state index is -0.160. The summed E-state index contributed by atoms with van der Waals surface area (Å²) in [5.41, 5.74) is -0.0632. The van der Waals surface area contributed by atoms with E-state index in [-0.39, 0.29) is 17.4 Å². The second-order valence-electron chi connectivity index (χ2n) is 6.06. The van der Waals surface area contributed by atoms with Gasteiger partial charge in [0.05, 0.1) is 5.92 Å². The van der Waals surface area contributed by atoms with E-state index in [1.165, 1.54) is 0 Å². The van der Waals surface area contributed by atoms with Crippen molar-refractivity contribution >= 4 is 0 Å². The molecule has 1 N–H and O–H groups in total. The maximum absolute atomic E-state index is 5.51. The largest absolute Gasteiger partial charge is 0.373 e. The molecule has 0 aliphatic carbocycles. The molecular weight excluding hydrogens is 242 g/mol. The molecule has 1 heterocycles. The van der Waals surface area contributed by atoms with Crippen molar-refractivity contribution in [3.05, 3.63) is 11.7 Å².